The fourth-order valence-electron chi connectivity index (χ4n) is 3.14. The van der Waals surface area contributed by atoms with E-state index in [4.69, 9.17) is 4.74 Å². The van der Waals surface area contributed by atoms with E-state index in [0.29, 0.717) is 18.7 Å². The molecular formula is C21H22F3NO3. The van der Waals surface area contributed by atoms with Crippen molar-refractivity contribution in [3.05, 3.63) is 65.2 Å². The van der Waals surface area contributed by atoms with Crippen LogP contribution in [0.5, 0.6) is 5.75 Å². The molecule has 0 bridgehead atoms. The minimum absolute atomic E-state index is 0.0121. The second-order valence-electron chi connectivity index (χ2n) is 6.88. The number of hydrogen-bond acceptors (Lipinski definition) is 3. The normalized spacial score (nSPS) is 17.4. The molecule has 1 unspecified atom stereocenters. The van der Waals surface area contributed by atoms with Crippen LogP contribution in [0.4, 0.5) is 13.2 Å². The van der Waals surface area contributed by atoms with Gasteiger partial charge in [0.05, 0.1) is 12.7 Å². The van der Waals surface area contributed by atoms with Gasteiger partial charge in [-0.1, -0.05) is 29.8 Å². The number of likely N-dealkylation sites (tertiary alicyclic amines) is 1. The molecule has 0 spiro atoms. The molecule has 0 aliphatic carbocycles. The predicted octanol–water partition coefficient (Wildman–Crippen LogP) is 4.72. The van der Waals surface area contributed by atoms with Crippen molar-refractivity contribution in [2.45, 2.75) is 38.8 Å². The van der Waals surface area contributed by atoms with Crippen molar-refractivity contribution in [1.29, 1.82) is 0 Å². The average Bonchev–Trinajstić information content (AvgIpc) is 2.66. The number of nitrogens with zero attached hydrogens (tertiary/aromatic N) is 1. The highest BCUT2D eigenvalue weighted by Gasteiger charge is 2.31. The van der Waals surface area contributed by atoms with Gasteiger partial charge in [0.15, 0.2) is 0 Å². The highest BCUT2D eigenvalue weighted by atomic mass is 19.4. The summed E-state index contributed by atoms with van der Waals surface area (Å²) < 4.78 is 46.3. The maximum atomic E-state index is 12.6. The lowest BCUT2D eigenvalue weighted by molar-refractivity contribution is -0.274. The van der Waals surface area contributed by atoms with Gasteiger partial charge in [-0.2, -0.15) is 0 Å². The van der Waals surface area contributed by atoms with Gasteiger partial charge in [-0.15, -0.1) is 13.2 Å². The highest BCUT2D eigenvalue weighted by Crippen LogP contribution is 2.23. The van der Waals surface area contributed by atoms with Gasteiger partial charge in [0.25, 0.3) is 5.91 Å². The van der Waals surface area contributed by atoms with Crippen LogP contribution in [0.2, 0.25) is 0 Å². The molecule has 0 radical (unpaired) electrons. The summed E-state index contributed by atoms with van der Waals surface area (Å²) in [6, 6.07) is 13.1. The molecule has 1 amide bonds. The minimum atomic E-state index is -4.70. The fraction of sp³-hybridized carbons (Fsp3) is 0.381. The van der Waals surface area contributed by atoms with Crippen molar-refractivity contribution >= 4 is 5.91 Å². The monoisotopic (exact) mass is 393 g/mol. The standard InChI is InChI=1S/C21H22F3NO3/c1-15-4-8-17(9-5-15)20(26)25-12-2-3-19(13-25)27-14-16-6-10-18(11-7-16)28-21(22,23)24/h4-11,19H,2-3,12-14H2,1H3. The SMILES string of the molecule is Cc1ccc(C(=O)N2CCCC(OCc3ccc(OC(F)(F)F)cc3)C2)cc1. The average molecular weight is 393 g/mol. The Labute approximate surface area is 161 Å². The molecule has 0 N–H and O–H groups in total. The number of carbonyl (C=O) groups excluding carboxylic acids is 1. The number of hydrogen-bond donors (Lipinski definition) is 0. The Morgan fingerprint density at radius 2 is 1.79 bits per heavy atom. The van der Waals surface area contributed by atoms with Crippen LogP contribution in [-0.4, -0.2) is 36.4 Å². The first kappa shape index (κ1) is 20.2. The largest absolute Gasteiger partial charge is 0.573 e. The van der Waals surface area contributed by atoms with Crippen molar-refractivity contribution in [1.82, 2.24) is 4.90 Å². The summed E-state index contributed by atoms with van der Waals surface area (Å²) in [5, 5.41) is 0. The van der Waals surface area contributed by atoms with Crippen molar-refractivity contribution in [2.24, 2.45) is 0 Å². The second-order valence-corrected chi connectivity index (χ2v) is 6.88. The number of ether oxygens (including phenoxy) is 2. The predicted molar refractivity (Wildman–Crippen MR) is 98.0 cm³/mol. The molecule has 1 aliphatic rings. The molecule has 150 valence electrons. The van der Waals surface area contributed by atoms with E-state index in [2.05, 4.69) is 4.74 Å². The van der Waals surface area contributed by atoms with Gasteiger partial charge in [-0.25, -0.2) is 0 Å². The molecule has 1 aliphatic heterocycles. The van der Waals surface area contributed by atoms with E-state index >= 15 is 0 Å². The third kappa shape index (κ3) is 5.73. The van der Waals surface area contributed by atoms with Gasteiger partial charge >= 0.3 is 6.36 Å². The van der Waals surface area contributed by atoms with Gasteiger partial charge in [0, 0.05) is 18.7 Å². The van der Waals surface area contributed by atoms with Gasteiger partial charge < -0.3 is 14.4 Å². The van der Waals surface area contributed by atoms with Crippen LogP contribution in [0.1, 0.15) is 34.3 Å². The first-order chi connectivity index (χ1) is 13.3. The molecule has 28 heavy (non-hydrogen) atoms. The van der Waals surface area contributed by atoms with E-state index in [0.717, 1.165) is 24.0 Å². The number of piperidine rings is 1. The molecular weight excluding hydrogens is 371 g/mol. The highest BCUT2D eigenvalue weighted by molar-refractivity contribution is 5.94. The van der Waals surface area contributed by atoms with Crippen LogP contribution in [0.3, 0.4) is 0 Å². The summed E-state index contributed by atoms with van der Waals surface area (Å²) in [6.07, 6.45) is -3.12. The van der Waals surface area contributed by atoms with E-state index < -0.39 is 6.36 Å². The summed E-state index contributed by atoms with van der Waals surface area (Å²) in [6.45, 7) is 3.43. The number of halogens is 3. The summed E-state index contributed by atoms with van der Waals surface area (Å²) in [5.41, 5.74) is 2.51. The molecule has 7 heteroatoms. The molecule has 0 aromatic heterocycles. The molecule has 2 aromatic rings. The Morgan fingerprint density at radius 3 is 2.43 bits per heavy atom. The van der Waals surface area contributed by atoms with E-state index in [9.17, 15) is 18.0 Å². The smallest absolute Gasteiger partial charge is 0.406 e. The van der Waals surface area contributed by atoms with E-state index in [1.807, 2.05) is 31.2 Å². The zero-order valence-corrected chi connectivity index (χ0v) is 15.5. The summed E-state index contributed by atoms with van der Waals surface area (Å²) in [5.74, 6) is -0.272. The number of rotatable bonds is 5. The Kier molecular flexibility index (Phi) is 6.24. The number of benzene rings is 2. The van der Waals surface area contributed by atoms with Gasteiger partial charge in [0.1, 0.15) is 5.75 Å². The van der Waals surface area contributed by atoms with Gasteiger partial charge in [-0.3, -0.25) is 4.79 Å². The van der Waals surface area contributed by atoms with Gasteiger partial charge in [-0.05, 0) is 49.6 Å². The Balaban J connectivity index is 1.52. The van der Waals surface area contributed by atoms with E-state index in [1.165, 1.54) is 12.1 Å². The molecule has 1 atom stereocenters. The number of amides is 1. The molecule has 1 heterocycles. The molecule has 4 nitrogen and oxygen atoms in total. The lowest BCUT2D eigenvalue weighted by Crippen LogP contribution is -2.43. The van der Waals surface area contributed by atoms with Crippen molar-refractivity contribution in [3.8, 4) is 5.75 Å². The number of carbonyl (C=O) groups is 1. The molecule has 1 saturated heterocycles. The fourth-order valence-corrected chi connectivity index (χ4v) is 3.14. The van der Waals surface area contributed by atoms with Crippen LogP contribution < -0.4 is 4.74 Å². The zero-order chi connectivity index (χ0) is 20.1. The Morgan fingerprint density at radius 1 is 1.11 bits per heavy atom. The van der Waals surface area contributed by atoms with Crippen molar-refractivity contribution in [2.75, 3.05) is 13.1 Å². The number of aryl methyl sites for hydroxylation is 1. The van der Waals surface area contributed by atoms with Crippen molar-refractivity contribution in [3.63, 3.8) is 0 Å². The zero-order valence-electron chi connectivity index (χ0n) is 15.5. The number of alkyl halides is 3. The Hall–Kier alpha value is -2.54. The van der Waals surface area contributed by atoms with E-state index in [-0.39, 0.29) is 24.4 Å². The topological polar surface area (TPSA) is 38.8 Å². The molecule has 0 saturated carbocycles. The summed E-state index contributed by atoms with van der Waals surface area (Å²) in [7, 11) is 0. The quantitative estimate of drug-likeness (QED) is 0.738. The maximum absolute atomic E-state index is 12.6. The lowest BCUT2D eigenvalue weighted by atomic mass is 10.1. The Bertz CT molecular complexity index is 788. The lowest BCUT2D eigenvalue weighted by Gasteiger charge is -2.32. The van der Waals surface area contributed by atoms with Crippen LogP contribution in [0, 0.1) is 6.92 Å². The minimum Gasteiger partial charge on any atom is -0.406 e. The van der Waals surface area contributed by atoms with Gasteiger partial charge in [0.2, 0.25) is 0 Å². The third-order valence-electron chi connectivity index (χ3n) is 4.61. The van der Waals surface area contributed by atoms with Crippen LogP contribution in [0.15, 0.2) is 48.5 Å². The summed E-state index contributed by atoms with van der Waals surface area (Å²) in [4.78, 5) is 14.4. The summed E-state index contributed by atoms with van der Waals surface area (Å²) >= 11 is 0. The first-order valence-electron chi connectivity index (χ1n) is 9.12. The van der Waals surface area contributed by atoms with Crippen LogP contribution >= 0.6 is 0 Å². The van der Waals surface area contributed by atoms with Crippen molar-refractivity contribution < 1.29 is 27.4 Å². The third-order valence-corrected chi connectivity index (χ3v) is 4.61. The van der Waals surface area contributed by atoms with Crippen LogP contribution in [-0.2, 0) is 11.3 Å². The second kappa shape index (κ2) is 8.65. The molecule has 3 rings (SSSR count). The maximum Gasteiger partial charge on any atom is 0.573 e. The molecule has 1 fully saturated rings. The first-order valence-corrected chi connectivity index (χ1v) is 9.12. The van der Waals surface area contributed by atoms with Crippen LogP contribution in [0.25, 0.3) is 0 Å². The molecule has 2 aromatic carbocycles. The van der Waals surface area contributed by atoms with E-state index in [1.54, 1.807) is 17.0 Å².